The SMILES string of the molecule is CCOc1ccc(OCCOCCN2C[C@@H](C)O[C@H](C)C2)cc1. The predicted molar refractivity (Wildman–Crippen MR) is 90.4 cm³/mol. The van der Waals surface area contributed by atoms with Crippen molar-refractivity contribution >= 4 is 0 Å². The van der Waals surface area contributed by atoms with E-state index in [0.29, 0.717) is 32.0 Å². The van der Waals surface area contributed by atoms with Crippen LogP contribution in [0.25, 0.3) is 0 Å². The summed E-state index contributed by atoms with van der Waals surface area (Å²) in [5, 5.41) is 0. The second kappa shape index (κ2) is 9.75. The number of benzene rings is 1. The first-order valence-corrected chi connectivity index (χ1v) is 8.48. The monoisotopic (exact) mass is 323 g/mol. The predicted octanol–water partition coefficient (Wildman–Crippen LogP) is 2.59. The first-order chi connectivity index (χ1) is 11.2. The maximum Gasteiger partial charge on any atom is 0.119 e. The number of nitrogens with zero attached hydrogens (tertiary/aromatic N) is 1. The third kappa shape index (κ3) is 6.77. The molecule has 0 spiro atoms. The van der Waals surface area contributed by atoms with Gasteiger partial charge in [0.2, 0.25) is 0 Å². The lowest BCUT2D eigenvalue weighted by Gasteiger charge is -2.35. The van der Waals surface area contributed by atoms with Crippen molar-refractivity contribution in [2.24, 2.45) is 0 Å². The van der Waals surface area contributed by atoms with Crippen molar-refractivity contribution in [3.63, 3.8) is 0 Å². The van der Waals surface area contributed by atoms with Crippen LogP contribution < -0.4 is 9.47 Å². The molecule has 1 heterocycles. The van der Waals surface area contributed by atoms with Crippen LogP contribution in [-0.2, 0) is 9.47 Å². The minimum absolute atomic E-state index is 0.307. The van der Waals surface area contributed by atoms with Gasteiger partial charge >= 0.3 is 0 Å². The topological polar surface area (TPSA) is 40.2 Å². The summed E-state index contributed by atoms with van der Waals surface area (Å²) in [6.45, 7) is 11.7. The highest BCUT2D eigenvalue weighted by molar-refractivity contribution is 5.31. The standard InChI is InChI=1S/C18H29NO4/c1-4-21-17-5-7-18(8-6-17)22-12-11-20-10-9-19-13-15(2)23-16(3)14-19/h5-8,15-16H,4,9-14H2,1-3H3/t15-,16-/m1/s1. The molecular formula is C18H29NO4. The highest BCUT2D eigenvalue weighted by atomic mass is 16.5. The second-order valence-corrected chi connectivity index (χ2v) is 5.88. The van der Waals surface area contributed by atoms with E-state index in [4.69, 9.17) is 18.9 Å². The molecule has 5 nitrogen and oxygen atoms in total. The molecule has 0 radical (unpaired) electrons. The summed E-state index contributed by atoms with van der Waals surface area (Å²) < 4.78 is 22.4. The Morgan fingerprint density at radius 2 is 1.57 bits per heavy atom. The van der Waals surface area contributed by atoms with Crippen LogP contribution in [0, 0.1) is 0 Å². The van der Waals surface area contributed by atoms with Crippen LogP contribution in [-0.4, -0.2) is 63.2 Å². The summed E-state index contributed by atoms with van der Waals surface area (Å²) in [6, 6.07) is 7.67. The fourth-order valence-corrected chi connectivity index (χ4v) is 2.78. The molecule has 130 valence electrons. The molecular weight excluding hydrogens is 294 g/mol. The molecule has 1 aromatic rings. The molecule has 0 amide bonds. The minimum atomic E-state index is 0.307. The van der Waals surface area contributed by atoms with E-state index in [0.717, 1.165) is 37.7 Å². The lowest BCUT2D eigenvalue weighted by atomic mass is 10.2. The Bertz CT molecular complexity index is 427. The van der Waals surface area contributed by atoms with Crippen LogP contribution in [0.2, 0.25) is 0 Å². The van der Waals surface area contributed by atoms with E-state index in [1.165, 1.54) is 0 Å². The molecule has 2 rings (SSSR count). The van der Waals surface area contributed by atoms with Gasteiger partial charge in [0.25, 0.3) is 0 Å². The minimum Gasteiger partial charge on any atom is -0.494 e. The summed E-state index contributed by atoms with van der Waals surface area (Å²) in [5.74, 6) is 1.71. The van der Waals surface area contributed by atoms with Crippen molar-refractivity contribution < 1.29 is 18.9 Å². The first kappa shape index (κ1) is 18.0. The van der Waals surface area contributed by atoms with Crippen molar-refractivity contribution in [2.45, 2.75) is 33.0 Å². The molecule has 0 bridgehead atoms. The van der Waals surface area contributed by atoms with Gasteiger partial charge in [0, 0.05) is 19.6 Å². The summed E-state index contributed by atoms with van der Waals surface area (Å²) in [7, 11) is 0. The zero-order valence-electron chi connectivity index (χ0n) is 14.5. The highest BCUT2D eigenvalue weighted by Crippen LogP contribution is 2.17. The van der Waals surface area contributed by atoms with Gasteiger partial charge in [0.05, 0.1) is 32.0 Å². The van der Waals surface area contributed by atoms with E-state index < -0.39 is 0 Å². The third-order valence-corrected chi connectivity index (χ3v) is 3.68. The van der Waals surface area contributed by atoms with Gasteiger partial charge in [0.15, 0.2) is 0 Å². The first-order valence-electron chi connectivity index (χ1n) is 8.48. The van der Waals surface area contributed by atoms with Crippen LogP contribution in [0.3, 0.4) is 0 Å². The fraction of sp³-hybridized carbons (Fsp3) is 0.667. The Balaban J connectivity index is 1.53. The molecule has 2 atom stereocenters. The Labute approximate surface area is 139 Å². The van der Waals surface area contributed by atoms with Crippen LogP contribution >= 0.6 is 0 Å². The number of hydrogen-bond acceptors (Lipinski definition) is 5. The van der Waals surface area contributed by atoms with Gasteiger partial charge in [0.1, 0.15) is 18.1 Å². The average Bonchev–Trinajstić information content (AvgIpc) is 2.51. The molecule has 0 aliphatic carbocycles. The molecule has 0 N–H and O–H groups in total. The van der Waals surface area contributed by atoms with E-state index in [9.17, 15) is 0 Å². The molecule has 23 heavy (non-hydrogen) atoms. The van der Waals surface area contributed by atoms with Crippen LogP contribution in [0.5, 0.6) is 11.5 Å². The van der Waals surface area contributed by atoms with Crippen LogP contribution in [0.1, 0.15) is 20.8 Å². The van der Waals surface area contributed by atoms with E-state index in [2.05, 4.69) is 18.7 Å². The largest absolute Gasteiger partial charge is 0.494 e. The van der Waals surface area contributed by atoms with Crippen molar-refractivity contribution in [3.05, 3.63) is 24.3 Å². The fourth-order valence-electron chi connectivity index (χ4n) is 2.78. The van der Waals surface area contributed by atoms with E-state index >= 15 is 0 Å². The van der Waals surface area contributed by atoms with Gasteiger partial charge < -0.3 is 18.9 Å². The van der Waals surface area contributed by atoms with Gasteiger partial charge in [-0.3, -0.25) is 4.90 Å². The van der Waals surface area contributed by atoms with Crippen molar-refractivity contribution in [1.82, 2.24) is 4.90 Å². The zero-order chi connectivity index (χ0) is 16.5. The molecule has 5 heteroatoms. The van der Waals surface area contributed by atoms with E-state index in [-0.39, 0.29) is 0 Å². The molecule has 0 unspecified atom stereocenters. The molecule has 1 aromatic carbocycles. The molecule has 1 aliphatic rings. The Morgan fingerprint density at radius 1 is 0.957 bits per heavy atom. The highest BCUT2D eigenvalue weighted by Gasteiger charge is 2.21. The van der Waals surface area contributed by atoms with Gasteiger partial charge in [-0.05, 0) is 45.0 Å². The number of morpholine rings is 1. The molecule has 1 aliphatic heterocycles. The number of ether oxygens (including phenoxy) is 4. The third-order valence-electron chi connectivity index (χ3n) is 3.68. The van der Waals surface area contributed by atoms with Gasteiger partial charge in [-0.1, -0.05) is 0 Å². The Morgan fingerprint density at radius 3 is 2.17 bits per heavy atom. The number of rotatable bonds is 9. The van der Waals surface area contributed by atoms with Gasteiger partial charge in [-0.15, -0.1) is 0 Å². The molecule has 0 aromatic heterocycles. The lowest BCUT2D eigenvalue weighted by Crippen LogP contribution is -2.46. The van der Waals surface area contributed by atoms with Crippen molar-refractivity contribution in [3.8, 4) is 11.5 Å². The summed E-state index contributed by atoms with van der Waals surface area (Å²) in [5.41, 5.74) is 0. The van der Waals surface area contributed by atoms with Gasteiger partial charge in [-0.25, -0.2) is 0 Å². The Kier molecular flexibility index (Phi) is 7.65. The average molecular weight is 323 g/mol. The van der Waals surface area contributed by atoms with E-state index in [1.807, 2.05) is 31.2 Å². The quantitative estimate of drug-likeness (QED) is 0.653. The summed E-state index contributed by atoms with van der Waals surface area (Å²) in [6.07, 6.45) is 0.614. The van der Waals surface area contributed by atoms with Gasteiger partial charge in [-0.2, -0.15) is 0 Å². The molecule has 1 fully saturated rings. The summed E-state index contributed by atoms with van der Waals surface area (Å²) in [4.78, 5) is 2.39. The van der Waals surface area contributed by atoms with Crippen LogP contribution in [0.4, 0.5) is 0 Å². The van der Waals surface area contributed by atoms with E-state index in [1.54, 1.807) is 0 Å². The smallest absolute Gasteiger partial charge is 0.119 e. The van der Waals surface area contributed by atoms with Crippen molar-refractivity contribution in [2.75, 3.05) is 46.1 Å². The Hall–Kier alpha value is -1.30. The lowest BCUT2D eigenvalue weighted by molar-refractivity contribution is -0.0734. The van der Waals surface area contributed by atoms with Crippen LogP contribution in [0.15, 0.2) is 24.3 Å². The molecule has 1 saturated heterocycles. The second-order valence-electron chi connectivity index (χ2n) is 5.88. The van der Waals surface area contributed by atoms with Crippen molar-refractivity contribution in [1.29, 1.82) is 0 Å². The normalized spacial score (nSPS) is 22.0. The molecule has 0 saturated carbocycles. The number of hydrogen-bond donors (Lipinski definition) is 0. The summed E-state index contributed by atoms with van der Waals surface area (Å²) >= 11 is 0. The zero-order valence-corrected chi connectivity index (χ0v) is 14.5. The maximum absolute atomic E-state index is 5.72. The maximum atomic E-state index is 5.72.